The van der Waals surface area contributed by atoms with Gasteiger partial charge in [-0.2, -0.15) is 0 Å². The van der Waals surface area contributed by atoms with Gasteiger partial charge in [0.1, 0.15) is 0 Å². The van der Waals surface area contributed by atoms with E-state index in [1.54, 1.807) is 0 Å². The Labute approximate surface area is 95.5 Å². The SMILES string of the molecule is Cc1ccc2c(c1)C(O)(C(C)(C)C)C(=O)N2. The summed E-state index contributed by atoms with van der Waals surface area (Å²) in [5.41, 5.74) is 0.473. The van der Waals surface area contributed by atoms with Crippen LogP contribution in [0.15, 0.2) is 18.2 Å². The largest absolute Gasteiger partial charge is 0.375 e. The number of carbonyl (C=O) groups excluding carboxylic acids is 1. The van der Waals surface area contributed by atoms with Crippen molar-refractivity contribution >= 4 is 11.6 Å². The first-order valence-corrected chi connectivity index (χ1v) is 5.42. The van der Waals surface area contributed by atoms with E-state index in [4.69, 9.17) is 0 Å². The summed E-state index contributed by atoms with van der Waals surface area (Å²) in [6.45, 7) is 7.55. The van der Waals surface area contributed by atoms with Gasteiger partial charge < -0.3 is 10.4 Å². The molecule has 1 aliphatic heterocycles. The van der Waals surface area contributed by atoms with Crippen LogP contribution in [-0.2, 0) is 10.4 Å². The fraction of sp³-hybridized carbons (Fsp3) is 0.462. The summed E-state index contributed by atoms with van der Waals surface area (Å²) < 4.78 is 0. The fourth-order valence-corrected chi connectivity index (χ4v) is 2.15. The van der Waals surface area contributed by atoms with Crippen LogP contribution < -0.4 is 5.32 Å². The maximum Gasteiger partial charge on any atom is 0.261 e. The van der Waals surface area contributed by atoms with Crippen molar-refractivity contribution in [2.45, 2.75) is 33.3 Å². The first-order valence-electron chi connectivity index (χ1n) is 5.42. The van der Waals surface area contributed by atoms with Crippen LogP contribution in [0.3, 0.4) is 0 Å². The Morgan fingerprint density at radius 3 is 2.50 bits per heavy atom. The second kappa shape index (κ2) is 3.08. The minimum Gasteiger partial charge on any atom is -0.375 e. The number of aryl methyl sites for hydroxylation is 1. The number of anilines is 1. The highest BCUT2D eigenvalue weighted by molar-refractivity contribution is 6.05. The molecule has 0 bridgehead atoms. The van der Waals surface area contributed by atoms with Gasteiger partial charge in [-0.3, -0.25) is 4.79 Å². The molecular weight excluding hydrogens is 202 g/mol. The molecule has 2 rings (SSSR count). The first-order chi connectivity index (χ1) is 7.26. The Morgan fingerprint density at radius 1 is 1.31 bits per heavy atom. The minimum absolute atomic E-state index is 0.333. The van der Waals surface area contributed by atoms with E-state index >= 15 is 0 Å². The molecule has 1 aliphatic rings. The number of hydrogen-bond acceptors (Lipinski definition) is 2. The van der Waals surface area contributed by atoms with E-state index in [0.29, 0.717) is 11.3 Å². The molecule has 0 saturated heterocycles. The molecule has 1 atom stereocenters. The molecule has 3 nitrogen and oxygen atoms in total. The molecule has 1 aromatic carbocycles. The van der Waals surface area contributed by atoms with Crippen molar-refractivity contribution in [2.75, 3.05) is 5.32 Å². The second-order valence-corrected chi connectivity index (χ2v) is 5.46. The number of amides is 1. The zero-order valence-electron chi connectivity index (χ0n) is 10.1. The van der Waals surface area contributed by atoms with Crippen LogP contribution in [0.2, 0.25) is 0 Å². The predicted octanol–water partition coefficient (Wildman–Crippen LogP) is 2.18. The average molecular weight is 219 g/mol. The molecule has 16 heavy (non-hydrogen) atoms. The van der Waals surface area contributed by atoms with Crippen LogP contribution in [0.5, 0.6) is 0 Å². The minimum atomic E-state index is -1.44. The number of aliphatic hydroxyl groups is 1. The molecule has 0 saturated carbocycles. The molecule has 0 radical (unpaired) electrons. The summed E-state index contributed by atoms with van der Waals surface area (Å²) >= 11 is 0. The third-order valence-corrected chi connectivity index (χ3v) is 3.23. The summed E-state index contributed by atoms with van der Waals surface area (Å²) in [7, 11) is 0. The maximum atomic E-state index is 11.9. The van der Waals surface area contributed by atoms with E-state index in [0.717, 1.165) is 5.56 Å². The van der Waals surface area contributed by atoms with Crippen LogP contribution >= 0.6 is 0 Å². The van der Waals surface area contributed by atoms with Crippen molar-refractivity contribution in [3.05, 3.63) is 29.3 Å². The van der Waals surface area contributed by atoms with Crippen molar-refractivity contribution in [1.29, 1.82) is 0 Å². The third-order valence-electron chi connectivity index (χ3n) is 3.23. The fourth-order valence-electron chi connectivity index (χ4n) is 2.15. The normalized spacial score (nSPS) is 24.2. The molecule has 86 valence electrons. The molecule has 2 N–H and O–H groups in total. The van der Waals surface area contributed by atoms with Gasteiger partial charge in [0, 0.05) is 16.7 Å². The topological polar surface area (TPSA) is 49.3 Å². The molecule has 0 spiro atoms. The lowest BCUT2D eigenvalue weighted by atomic mass is 9.72. The monoisotopic (exact) mass is 219 g/mol. The highest BCUT2D eigenvalue weighted by Gasteiger charge is 2.53. The van der Waals surface area contributed by atoms with Crippen LogP contribution in [-0.4, -0.2) is 11.0 Å². The molecule has 1 aromatic rings. The molecule has 1 amide bonds. The Morgan fingerprint density at radius 2 is 1.94 bits per heavy atom. The zero-order chi connectivity index (χ0) is 12.1. The number of fused-ring (bicyclic) bond motifs is 1. The standard InChI is InChI=1S/C13H17NO2/c1-8-5-6-10-9(7-8)13(16,11(15)14-10)12(2,3)4/h5-7,16H,1-4H3,(H,14,15). The third kappa shape index (κ3) is 1.28. The van der Waals surface area contributed by atoms with Gasteiger partial charge in [-0.05, 0) is 13.0 Å². The highest BCUT2D eigenvalue weighted by atomic mass is 16.3. The first kappa shape index (κ1) is 11.1. The smallest absolute Gasteiger partial charge is 0.261 e. The maximum absolute atomic E-state index is 11.9. The Bertz CT molecular complexity index is 459. The van der Waals surface area contributed by atoms with E-state index < -0.39 is 11.0 Å². The van der Waals surface area contributed by atoms with Crippen LogP contribution in [0.1, 0.15) is 31.9 Å². The van der Waals surface area contributed by atoms with E-state index in [1.165, 1.54) is 0 Å². The van der Waals surface area contributed by atoms with Gasteiger partial charge >= 0.3 is 0 Å². The van der Waals surface area contributed by atoms with E-state index in [1.807, 2.05) is 45.9 Å². The van der Waals surface area contributed by atoms with Crippen molar-refractivity contribution in [3.63, 3.8) is 0 Å². The second-order valence-electron chi connectivity index (χ2n) is 5.46. The lowest BCUT2D eigenvalue weighted by Crippen LogP contribution is -2.45. The van der Waals surface area contributed by atoms with E-state index in [2.05, 4.69) is 5.32 Å². The van der Waals surface area contributed by atoms with Crippen molar-refractivity contribution < 1.29 is 9.90 Å². The van der Waals surface area contributed by atoms with Crippen LogP contribution in [0.25, 0.3) is 0 Å². The molecule has 0 fully saturated rings. The lowest BCUT2D eigenvalue weighted by Gasteiger charge is -2.35. The summed E-state index contributed by atoms with van der Waals surface area (Å²) in [6, 6.07) is 5.64. The summed E-state index contributed by atoms with van der Waals surface area (Å²) in [5.74, 6) is -0.333. The van der Waals surface area contributed by atoms with Gasteiger partial charge in [-0.15, -0.1) is 0 Å². The number of hydrogen-bond donors (Lipinski definition) is 2. The van der Waals surface area contributed by atoms with Crippen LogP contribution in [0.4, 0.5) is 5.69 Å². The Kier molecular flexibility index (Phi) is 2.14. The van der Waals surface area contributed by atoms with Crippen molar-refractivity contribution in [2.24, 2.45) is 5.41 Å². The number of nitrogens with one attached hydrogen (secondary N) is 1. The number of carbonyl (C=O) groups is 1. The Balaban J connectivity index is 2.67. The van der Waals surface area contributed by atoms with Gasteiger partial charge in [-0.1, -0.05) is 38.5 Å². The van der Waals surface area contributed by atoms with Gasteiger partial charge in [-0.25, -0.2) is 0 Å². The summed E-state index contributed by atoms with van der Waals surface area (Å²) in [5, 5.41) is 13.4. The van der Waals surface area contributed by atoms with Gasteiger partial charge in [0.2, 0.25) is 0 Å². The summed E-state index contributed by atoms with van der Waals surface area (Å²) in [4.78, 5) is 11.9. The lowest BCUT2D eigenvalue weighted by molar-refractivity contribution is -0.146. The zero-order valence-corrected chi connectivity index (χ0v) is 10.1. The predicted molar refractivity (Wildman–Crippen MR) is 63.2 cm³/mol. The van der Waals surface area contributed by atoms with Crippen molar-refractivity contribution in [3.8, 4) is 0 Å². The number of rotatable bonds is 0. The van der Waals surface area contributed by atoms with Crippen LogP contribution in [0, 0.1) is 12.3 Å². The van der Waals surface area contributed by atoms with Crippen molar-refractivity contribution in [1.82, 2.24) is 0 Å². The quantitative estimate of drug-likeness (QED) is 0.702. The average Bonchev–Trinajstić information content (AvgIpc) is 2.41. The summed E-state index contributed by atoms with van der Waals surface area (Å²) in [6.07, 6.45) is 0. The molecule has 1 unspecified atom stereocenters. The van der Waals surface area contributed by atoms with Gasteiger partial charge in [0.25, 0.3) is 5.91 Å². The number of benzene rings is 1. The van der Waals surface area contributed by atoms with E-state index in [-0.39, 0.29) is 5.91 Å². The molecular formula is C13H17NO2. The van der Waals surface area contributed by atoms with Gasteiger partial charge in [0.15, 0.2) is 5.60 Å². The Hall–Kier alpha value is -1.35. The van der Waals surface area contributed by atoms with E-state index in [9.17, 15) is 9.90 Å². The molecule has 3 heteroatoms. The molecule has 0 aliphatic carbocycles. The highest BCUT2D eigenvalue weighted by Crippen LogP contribution is 2.47. The molecule has 0 aromatic heterocycles. The molecule has 1 heterocycles. The van der Waals surface area contributed by atoms with Gasteiger partial charge in [0.05, 0.1) is 0 Å².